The molecule has 1 heterocycles. The van der Waals surface area contributed by atoms with Crippen LogP contribution in [0.4, 0.5) is 5.82 Å². The molecular weight excluding hydrogens is 276 g/mol. The van der Waals surface area contributed by atoms with Crippen molar-refractivity contribution in [2.75, 3.05) is 11.9 Å². The number of nitrogens with two attached hydrogens (primary N) is 1. The summed E-state index contributed by atoms with van der Waals surface area (Å²) in [6, 6.07) is 3.92. The van der Waals surface area contributed by atoms with Crippen LogP contribution in [0.5, 0.6) is 0 Å². The zero-order chi connectivity index (χ0) is 16.4. The quantitative estimate of drug-likeness (QED) is 0.820. The lowest BCUT2D eigenvalue weighted by Gasteiger charge is -2.20. The molecule has 0 radical (unpaired) electrons. The molecule has 1 fully saturated rings. The van der Waals surface area contributed by atoms with E-state index in [0.29, 0.717) is 17.4 Å². The van der Waals surface area contributed by atoms with Crippen molar-refractivity contribution in [3.05, 3.63) is 36.2 Å². The van der Waals surface area contributed by atoms with Gasteiger partial charge in [-0.25, -0.2) is 4.98 Å². The van der Waals surface area contributed by atoms with Crippen molar-refractivity contribution in [3.8, 4) is 0 Å². The topological polar surface area (TPSA) is 71.6 Å². The summed E-state index contributed by atoms with van der Waals surface area (Å²) in [6.45, 7) is 4.14. The molecule has 0 unspecified atom stereocenters. The van der Waals surface area contributed by atoms with Crippen molar-refractivity contribution in [1.29, 1.82) is 0 Å². The molecular formula is C17H26N4O. The number of hydrogen-bond donors (Lipinski definition) is 1. The molecule has 1 aliphatic carbocycles. The standard InChI is InChI=1S/C13H17N3O.C4H9N/c1-2-3-9-16(10-6-7-10)13-11(12(14)17)5-4-8-15-13;1-3-4-5-2/h3-5,8-10H,2,6-7H2,1H3,(H2,14,17);4H,3H2,1-2H3/b9-3+;. The van der Waals surface area contributed by atoms with Gasteiger partial charge >= 0.3 is 0 Å². The van der Waals surface area contributed by atoms with Crippen LogP contribution in [-0.4, -0.2) is 30.2 Å². The first-order valence-corrected chi connectivity index (χ1v) is 7.76. The first-order valence-electron chi connectivity index (χ1n) is 7.76. The first-order chi connectivity index (χ1) is 10.7. The van der Waals surface area contributed by atoms with Gasteiger partial charge in [-0.2, -0.15) is 0 Å². The Morgan fingerprint density at radius 1 is 1.45 bits per heavy atom. The third-order valence-corrected chi connectivity index (χ3v) is 3.10. The minimum atomic E-state index is -0.427. The Balaban J connectivity index is 0.000000422. The fraction of sp³-hybridized carbons (Fsp3) is 0.471. The average molecular weight is 302 g/mol. The lowest BCUT2D eigenvalue weighted by atomic mass is 10.2. The number of rotatable bonds is 6. The van der Waals surface area contributed by atoms with E-state index in [-0.39, 0.29) is 0 Å². The molecule has 1 aromatic rings. The SMILES string of the molecule is CC/C=C/N(c1ncccc1C(N)=O)C1CC1.CCC=NC. The Labute approximate surface area is 132 Å². The summed E-state index contributed by atoms with van der Waals surface area (Å²) in [5, 5.41) is 0. The van der Waals surface area contributed by atoms with E-state index in [1.54, 1.807) is 25.4 Å². The Hall–Kier alpha value is -2.17. The van der Waals surface area contributed by atoms with E-state index >= 15 is 0 Å². The number of primary amides is 1. The number of aromatic nitrogens is 1. The molecule has 0 aromatic carbocycles. The van der Waals surface area contributed by atoms with Gasteiger partial charge in [0.15, 0.2) is 0 Å². The smallest absolute Gasteiger partial charge is 0.252 e. The number of anilines is 1. The highest BCUT2D eigenvalue weighted by Gasteiger charge is 2.30. The van der Waals surface area contributed by atoms with Crippen LogP contribution in [0.15, 0.2) is 35.6 Å². The van der Waals surface area contributed by atoms with Crippen molar-refractivity contribution < 1.29 is 4.79 Å². The number of nitrogens with zero attached hydrogens (tertiary/aromatic N) is 3. The van der Waals surface area contributed by atoms with Gasteiger partial charge in [-0.3, -0.25) is 4.79 Å². The maximum absolute atomic E-state index is 11.4. The third kappa shape index (κ3) is 5.68. The first kappa shape index (κ1) is 17.9. The molecule has 1 saturated carbocycles. The van der Waals surface area contributed by atoms with Gasteiger partial charge in [0.05, 0.1) is 5.56 Å². The largest absolute Gasteiger partial charge is 0.365 e. The van der Waals surface area contributed by atoms with Gasteiger partial charge in [-0.05, 0) is 44.0 Å². The monoisotopic (exact) mass is 302 g/mol. The van der Waals surface area contributed by atoms with E-state index in [1.807, 2.05) is 12.4 Å². The summed E-state index contributed by atoms with van der Waals surface area (Å²) in [7, 11) is 1.78. The fourth-order valence-corrected chi connectivity index (χ4v) is 1.91. The summed E-state index contributed by atoms with van der Waals surface area (Å²) in [5.74, 6) is 0.246. The van der Waals surface area contributed by atoms with Crippen molar-refractivity contribution in [3.63, 3.8) is 0 Å². The molecule has 1 aliphatic rings. The molecule has 1 amide bonds. The number of aliphatic imine (C=N–C) groups is 1. The lowest BCUT2D eigenvalue weighted by Crippen LogP contribution is -2.24. The lowest BCUT2D eigenvalue weighted by molar-refractivity contribution is 0.100. The fourth-order valence-electron chi connectivity index (χ4n) is 1.91. The molecule has 0 saturated heterocycles. The van der Waals surface area contributed by atoms with Gasteiger partial charge in [0, 0.05) is 25.5 Å². The molecule has 2 N–H and O–H groups in total. The Morgan fingerprint density at radius 3 is 2.64 bits per heavy atom. The summed E-state index contributed by atoms with van der Waals surface area (Å²) in [5.41, 5.74) is 5.86. The van der Waals surface area contributed by atoms with Gasteiger partial charge in [0.25, 0.3) is 5.91 Å². The highest BCUT2D eigenvalue weighted by atomic mass is 16.1. The van der Waals surface area contributed by atoms with Crippen molar-refractivity contribution >= 4 is 17.9 Å². The Bertz CT molecular complexity index is 521. The van der Waals surface area contributed by atoms with Crippen LogP contribution in [0, 0.1) is 0 Å². The summed E-state index contributed by atoms with van der Waals surface area (Å²) in [6.07, 6.45) is 11.9. The predicted molar refractivity (Wildman–Crippen MR) is 92.4 cm³/mol. The minimum absolute atomic E-state index is 0.427. The average Bonchev–Trinajstić information content (AvgIpc) is 3.34. The number of amides is 1. The normalized spacial score (nSPS) is 14.0. The third-order valence-electron chi connectivity index (χ3n) is 3.10. The zero-order valence-corrected chi connectivity index (χ0v) is 13.7. The second-order valence-electron chi connectivity index (χ2n) is 5.02. The zero-order valence-electron chi connectivity index (χ0n) is 13.7. The number of pyridine rings is 1. The van der Waals surface area contributed by atoms with Crippen molar-refractivity contribution in [2.24, 2.45) is 10.7 Å². The van der Waals surface area contributed by atoms with Crippen molar-refractivity contribution in [1.82, 2.24) is 4.98 Å². The second-order valence-corrected chi connectivity index (χ2v) is 5.02. The summed E-state index contributed by atoms with van der Waals surface area (Å²) in [4.78, 5) is 21.5. The van der Waals surface area contributed by atoms with E-state index in [2.05, 4.69) is 34.8 Å². The van der Waals surface area contributed by atoms with Crippen LogP contribution in [-0.2, 0) is 0 Å². The minimum Gasteiger partial charge on any atom is -0.365 e. The molecule has 0 aliphatic heterocycles. The number of carbonyl (C=O) groups excluding carboxylic acids is 1. The maximum Gasteiger partial charge on any atom is 0.252 e. The van der Waals surface area contributed by atoms with Gasteiger partial charge in [-0.15, -0.1) is 0 Å². The Morgan fingerprint density at radius 2 is 2.18 bits per heavy atom. The Kier molecular flexibility index (Phi) is 7.89. The van der Waals surface area contributed by atoms with E-state index in [4.69, 9.17) is 5.73 Å². The van der Waals surface area contributed by atoms with E-state index in [9.17, 15) is 4.79 Å². The van der Waals surface area contributed by atoms with Crippen molar-refractivity contribution in [2.45, 2.75) is 45.6 Å². The number of hydrogen-bond acceptors (Lipinski definition) is 4. The molecule has 120 valence electrons. The number of carbonyl (C=O) groups is 1. The summed E-state index contributed by atoms with van der Waals surface area (Å²) >= 11 is 0. The van der Waals surface area contributed by atoms with E-state index in [1.165, 1.54) is 0 Å². The predicted octanol–water partition coefficient (Wildman–Crippen LogP) is 3.17. The molecule has 2 rings (SSSR count). The molecule has 22 heavy (non-hydrogen) atoms. The van der Waals surface area contributed by atoms with Gasteiger partial charge in [-0.1, -0.05) is 19.9 Å². The van der Waals surface area contributed by atoms with Crippen LogP contribution >= 0.6 is 0 Å². The van der Waals surface area contributed by atoms with Gasteiger partial charge in [0.1, 0.15) is 5.82 Å². The van der Waals surface area contributed by atoms with Crippen LogP contribution in [0.3, 0.4) is 0 Å². The number of allylic oxidation sites excluding steroid dienone is 1. The summed E-state index contributed by atoms with van der Waals surface area (Å²) < 4.78 is 0. The maximum atomic E-state index is 11.4. The molecule has 0 spiro atoms. The van der Waals surface area contributed by atoms with E-state index in [0.717, 1.165) is 25.7 Å². The van der Waals surface area contributed by atoms with Crippen LogP contribution in [0.2, 0.25) is 0 Å². The highest BCUT2D eigenvalue weighted by molar-refractivity contribution is 5.97. The molecule has 5 nitrogen and oxygen atoms in total. The van der Waals surface area contributed by atoms with Crippen LogP contribution < -0.4 is 10.6 Å². The molecule has 0 atom stereocenters. The van der Waals surface area contributed by atoms with Gasteiger partial charge in [0.2, 0.25) is 0 Å². The molecule has 5 heteroatoms. The molecule has 0 bridgehead atoms. The molecule has 1 aromatic heterocycles. The van der Waals surface area contributed by atoms with Crippen LogP contribution in [0.1, 0.15) is 49.9 Å². The highest BCUT2D eigenvalue weighted by Crippen LogP contribution is 2.32. The van der Waals surface area contributed by atoms with Gasteiger partial charge < -0.3 is 15.6 Å². The second kappa shape index (κ2) is 9.71. The van der Waals surface area contributed by atoms with E-state index < -0.39 is 5.91 Å². The van der Waals surface area contributed by atoms with Crippen LogP contribution in [0.25, 0.3) is 0 Å².